The minimum Gasteiger partial charge on any atom is -0.483 e. The summed E-state index contributed by atoms with van der Waals surface area (Å²) in [4.78, 5) is 26.3. The molecule has 152 valence electrons. The van der Waals surface area contributed by atoms with Gasteiger partial charge in [-0.25, -0.2) is 0 Å². The molecule has 0 spiro atoms. The first-order valence-corrected chi connectivity index (χ1v) is 9.06. The van der Waals surface area contributed by atoms with E-state index in [1.807, 2.05) is 6.92 Å². The van der Waals surface area contributed by atoms with Gasteiger partial charge in [0.25, 0.3) is 0 Å². The number of amides is 2. The normalized spacial score (nSPS) is 17.0. The van der Waals surface area contributed by atoms with Crippen molar-refractivity contribution in [2.24, 2.45) is 5.92 Å². The van der Waals surface area contributed by atoms with Crippen molar-refractivity contribution >= 4 is 17.5 Å². The topological polar surface area (TPSA) is 82.4 Å². The Morgan fingerprint density at radius 3 is 2.79 bits per heavy atom. The summed E-state index contributed by atoms with van der Waals surface area (Å²) < 4.78 is 41.5. The molecule has 2 rings (SSSR count). The Bertz CT molecular complexity index is 759. The molecule has 9 heteroatoms. The fourth-order valence-electron chi connectivity index (χ4n) is 3.01. The van der Waals surface area contributed by atoms with Crippen LogP contribution in [0.2, 0.25) is 0 Å². The van der Waals surface area contributed by atoms with Crippen molar-refractivity contribution < 1.29 is 27.5 Å². The highest BCUT2D eigenvalue weighted by molar-refractivity contribution is 5.93. The molecule has 1 saturated heterocycles. The molecular formula is C19H22F3N3O3. The lowest BCUT2D eigenvalue weighted by Gasteiger charge is -2.32. The molecule has 1 fully saturated rings. The van der Waals surface area contributed by atoms with Crippen molar-refractivity contribution in [1.82, 2.24) is 4.90 Å². The number of carbonyl (C=O) groups is 2. The molecule has 0 aliphatic carbocycles. The molecule has 6 nitrogen and oxygen atoms in total. The summed E-state index contributed by atoms with van der Waals surface area (Å²) in [5, 5.41) is 11.8. The van der Waals surface area contributed by atoms with Gasteiger partial charge >= 0.3 is 6.18 Å². The zero-order chi connectivity index (χ0) is 20.7. The molecule has 1 unspecified atom stereocenters. The fraction of sp³-hybridized carbons (Fsp3) is 0.526. The second kappa shape index (κ2) is 9.44. The van der Waals surface area contributed by atoms with Gasteiger partial charge in [0, 0.05) is 25.2 Å². The van der Waals surface area contributed by atoms with Gasteiger partial charge in [0.2, 0.25) is 11.8 Å². The lowest BCUT2D eigenvalue weighted by Crippen LogP contribution is -2.43. The summed E-state index contributed by atoms with van der Waals surface area (Å²) in [5.74, 6) is -0.840. The zero-order valence-corrected chi connectivity index (χ0v) is 15.5. The van der Waals surface area contributed by atoms with Crippen molar-refractivity contribution in [1.29, 1.82) is 5.26 Å². The predicted molar refractivity (Wildman–Crippen MR) is 95.5 cm³/mol. The Morgan fingerprint density at radius 2 is 2.14 bits per heavy atom. The highest BCUT2D eigenvalue weighted by Gasteiger charge is 2.30. The van der Waals surface area contributed by atoms with Crippen molar-refractivity contribution in [2.75, 3.05) is 25.0 Å². The molecule has 1 aliphatic heterocycles. The van der Waals surface area contributed by atoms with Crippen molar-refractivity contribution in [3.63, 3.8) is 0 Å². The molecule has 0 radical (unpaired) electrons. The number of nitrogens with one attached hydrogen (secondary N) is 1. The van der Waals surface area contributed by atoms with Gasteiger partial charge < -0.3 is 15.0 Å². The van der Waals surface area contributed by atoms with Crippen molar-refractivity contribution in [2.45, 2.75) is 38.8 Å². The number of carbonyl (C=O) groups excluding carboxylic acids is 2. The minimum atomic E-state index is -4.51. The van der Waals surface area contributed by atoms with E-state index in [9.17, 15) is 22.8 Å². The number of rotatable bonds is 6. The van der Waals surface area contributed by atoms with Gasteiger partial charge in [-0.15, -0.1) is 0 Å². The molecule has 2 amide bonds. The van der Waals surface area contributed by atoms with Crippen LogP contribution >= 0.6 is 0 Å². The summed E-state index contributed by atoms with van der Waals surface area (Å²) >= 11 is 0. The van der Waals surface area contributed by atoms with Crippen LogP contribution in [0.3, 0.4) is 0 Å². The molecule has 0 saturated carbocycles. The number of nitrogens with zero attached hydrogens (tertiary/aromatic N) is 2. The van der Waals surface area contributed by atoms with E-state index in [2.05, 4.69) is 10.1 Å². The second-order valence-corrected chi connectivity index (χ2v) is 6.64. The van der Waals surface area contributed by atoms with Crippen molar-refractivity contribution in [3.8, 4) is 11.8 Å². The van der Waals surface area contributed by atoms with Gasteiger partial charge in [0.05, 0.1) is 11.5 Å². The maximum atomic E-state index is 12.5. The Labute approximate surface area is 161 Å². The number of piperidine rings is 1. The lowest BCUT2D eigenvalue weighted by atomic mass is 9.96. The van der Waals surface area contributed by atoms with Gasteiger partial charge in [0.15, 0.2) is 6.61 Å². The third-order valence-electron chi connectivity index (χ3n) is 4.37. The third kappa shape index (κ3) is 6.15. The quantitative estimate of drug-likeness (QED) is 0.797. The molecule has 1 heterocycles. The Morgan fingerprint density at radius 1 is 1.39 bits per heavy atom. The first kappa shape index (κ1) is 21.5. The molecule has 1 aliphatic rings. The van der Waals surface area contributed by atoms with Gasteiger partial charge in [-0.3, -0.25) is 9.59 Å². The zero-order valence-electron chi connectivity index (χ0n) is 15.5. The van der Waals surface area contributed by atoms with Crippen LogP contribution in [0.5, 0.6) is 5.75 Å². The van der Waals surface area contributed by atoms with E-state index in [0.29, 0.717) is 25.9 Å². The number of hydrogen-bond acceptors (Lipinski definition) is 4. The van der Waals surface area contributed by atoms with Crippen LogP contribution in [-0.4, -0.2) is 42.6 Å². The van der Waals surface area contributed by atoms with E-state index in [1.54, 1.807) is 11.0 Å². The highest BCUT2D eigenvalue weighted by atomic mass is 19.4. The SMILES string of the molecule is CCCC(=O)N1CCCC(C(=O)Nc2ccc(OCC(F)(F)F)c(C#N)c2)C1. The molecule has 0 aromatic heterocycles. The summed E-state index contributed by atoms with van der Waals surface area (Å²) in [6.07, 6.45) is -1.96. The smallest absolute Gasteiger partial charge is 0.422 e. The van der Waals surface area contributed by atoms with Crippen LogP contribution in [0, 0.1) is 17.2 Å². The van der Waals surface area contributed by atoms with E-state index in [1.165, 1.54) is 18.2 Å². The Hall–Kier alpha value is -2.76. The number of nitriles is 1. The van der Waals surface area contributed by atoms with Gasteiger partial charge in [-0.05, 0) is 37.5 Å². The molecule has 1 atom stereocenters. The number of benzene rings is 1. The van der Waals surface area contributed by atoms with E-state index < -0.39 is 12.8 Å². The van der Waals surface area contributed by atoms with E-state index in [0.717, 1.165) is 12.8 Å². The van der Waals surface area contributed by atoms with Crippen LogP contribution in [0.4, 0.5) is 18.9 Å². The van der Waals surface area contributed by atoms with Crippen LogP contribution < -0.4 is 10.1 Å². The van der Waals surface area contributed by atoms with Crippen molar-refractivity contribution in [3.05, 3.63) is 23.8 Å². The summed E-state index contributed by atoms with van der Waals surface area (Å²) in [6, 6.07) is 5.64. The number of hydrogen-bond donors (Lipinski definition) is 1. The highest BCUT2D eigenvalue weighted by Crippen LogP contribution is 2.26. The average Bonchev–Trinajstić information content (AvgIpc) is 2.66. The summed E-state index contributed by atoms with van der Waals surface area (Å²) in [7, 11) is 0. The fourth-order valence-corrected chi connectivity index (χ4v) is 3.01. The Kier molecular flexibility index (Phi) is 7.26. The number of anilines is 1. The van der Waals surface area contributed by atoms with Crippen LogP contribution in [0.15, 0.2) is 18.2 Å². The standard InChI is InChI=1S/C19H22F3N3O3/c1-2-4-17(26)25-8-3-5-13(11-25)18(27)24-15-6-7-16(14(9-15)10-23)28-12-19(20,21)22/h6-7,9,13H,2-5,8,11-12H2,1H3,(H,24,27). The van der Waals surface area contributed by atoms with Crippen LogP contribution in [0.1, 0.15) is 38.2 Å². The van der Waals surface area contributed by atoms with E-state index in [-0.39, 0.29) is 34.7 Å². The average molecular weight is 397 g/mol. The molecule has 28 heavy (non-hydrogen) atoms. The number of ether oxygens (including phenoxy) is 1. The predicted octanol–water partition coefficient (Wildman–Crippen LogP) is 3.48. The van der Waals surface area contributed by atoms with Crippen LogP contribution in [0.25, 0.3) is 0 Å². The number of halogens is 3. The van der Waals surface area contributed by atoms with Gasteiger partial charge in [0.1, 0.15) is 11.8 Å². The second-order valence-electron chi connectivity index (χ2n) is 6.64. The van der Waals surface area contributed by atoms with Gasteiger partial charge in [-0.2, -0.15) is 18.4 Å². The monoisotopic (exact) mass is 397 g/mol. The maximum Gasteiger partial charge on any atom is 0.422 e. The summed E-state index contributed by atoms with van der Waals surface area (Å²) in [6.45, 7) is 1.38. The first-order chi connectivity index (χ1) is 13.2. The number of likely N-dealkylation sites (tertiary alicyclic amines) is 1. The van der Waals surface area contributed by atoms with Gasteiger partial charge in [-0.1, -0.05) is 6.92 Å². The first-order valence-electron chi connectivity index (χ1n) is 9.06. The molecule has 1 aromatic rings. The lowest BCUT2D eigenvalue weighted by molar-refractivity contribution is -0.153. The third-order valence-corrected chi connectivity index (χ3v) is 4.37. The minimum absolute atomic E-state index is 0.0259. The van der Waals surface area contributed by atoms with E-state index >= 15 is 0 Å². The Balaban J connectivity index is 2.01. The largest absolute Gasteiger partial charge is 0.483 e. The van der Waals surface area contributed by atoms with E-state index in [4.69, 9.17) is 5.26 Å². The number of alkyl halides is 3. The molecule has 0 bridgehead atoms. The molecular weight excluding hydrogens is 375 g/mol. The van der Waals surface area contributed by atoms with Crippen LogP contribution in [-0.2, 0) is 9.59 Å². The summed E-state index contributed by atoms with van der Waals surface area (Å²) in [5.41, 5.74) is 0.184. The maximum absolute atomic E-state index is 12.5. The molecule has 1 N–H and O–H groups in total. The molecule has 1 aromatic carbocycles.